The molecule has 0 spiro atoms. The van der Waals surface area contributed by atoms with Crippen molar-refractivity contribution in [1.29, 1.82) is 0 Å². The fourth-order valence-corrected chi connectivity index (χ4v) is 1.53. The molecule has 2 aromatic carbocycles. The molecule has 0 saturated carbocycles. The number of carbonyl (C=O) groups is 1. The molecule has 0 unspecified atom stereocenters. The van der Waals surface area contributed by atoms with Gasteiger partial charge in [0.1, 0.15) is 17.2 Å². The lowest BCUT2D eigenvalue weighted by atomic mass is 10.1. The molecule has 1 amide bonds. The molecule has 4 nitrogen and oxygen atoms in total. The highest BCUT2D eigenvalue weighted by Crippen LogP contribution is 2.23. The summed E-state index contributed by atoms with van der Waals surface area (Å²) in [6.07, 6.45) is 0.222. The molecule has 0 aromatic heterocycles. The molecule has 0 saturated heterocycles. The van der Waals surface area contributed by atoms with Crippen molar-refractivity contribution in [2.75, 3.05) is 0 Å². The maximum atomic E-state index is 10.7. The third-order valence-corrected chi connectivity index (χ3v) is 2.37. The van der Waals surface area contributed by atoms with E-state index in [9.17, 15) is 4.79 Å². The fourth-order valence-electron chi connectivity index (χ4n) is 1.53. The SMILES string of the molecule is NC(=O)Cc1ccc(Oc2ccc(O)cc2)cc1. The van der Waals surface area contributed by atoms with Gasteiger partial charge in [-0.1, -0.05) is 12.1 Å². The first-order chi connectivity index (χ1) is 8.63. The highest BCUT2D eigenvalue weighted by Gasteiger charge is 2.00. The topological polar surface area (TPSA) is 72.6 Å². The van der Waals surface area contributed by atoms with E-state index in [0.29, 0.717) is 11.5 Å². The van der Waals surface area contributed by atoms with E-state index in [4.69, 9.17) is 15.6 Å². The minimum Gasteiger partial charge on any atom is -0.508 e. The Kier molecular flexibility index (Phi) is 3.48. The molecular formula is C14H13NO3. The van der Waals surface area contributed by atoms with Gasteiger partial charge >= 0.3 is 0 Å². The van der Waals surface area contributed by atoms with Crippen molar-refractivity contribution < 1.29 is 14.6 Å². The van der Waals surface area contributed by atoms with Crippen molar-refractivity contribution in [1.82, 2.24) is 0 Å². The first kappa shape index (κ1) is 12.0. The fraction of sp³-hybridized carbons (Fsp3) is 0.0714. The molecule has 92 valence electrons. The number of rotatable bonds is 4. The summed E-state index contributed by atoms with van der Waals surface area (Å²) in [5.74, 6) is 1.13. The van der Waals surface area contributed by atoms with Gasteiger partial charge in [-0.15, -0.1) is 0 Å². The van der Waals surface area contributed by atoms with Gasteiger partial charge in [0.05, 0.1) is 6.42 Å². The molecule has 0 atom stereocenters. The van der Waals surface area contributed by atoms with Crippen LogP contribution in [0.1, 0.15) is 5.56 Å². The van der Waals surface area contributed by atoms with Crippen LogP contribution in [0.15, 0.2) is 48.5 Å². The van der Waals surface area contributed by atoms with Crippen LogP contribution in [0.3, 0.4) is 0 Å². The number of primary amides is 1. The van der Waals surface area contributed by atoms with Crippen LogP contribution >= 0.6 is 0 Å². The van der Waals surface area contributed by atoms with Crippen molar-refractivity contribution in [2.24, 2.45) is 5.73 Å². The van der Waals surface area contributed by atoms with Crippen molar-refractivity contribution in [3.8, 4) is 17.2 Å². The third kappa shape index (κ3) is 3.25. The van der Waals surface area contributed by atoms with E-state index in [1.165, 1.54) is 0 Å². The molecule has 4 heteroatoms. The molecule has 0 bridgehead atoms. The number of ether oxygens (including phenoxy) is 1. The minimum atomic E-state index is -0.359. The van der Waals surface area contributed by atoms with E-state index < -0.39 is 0 Å². The van der Waals surface area contributed by atoms with Crippen molar-refractivity contribution >= 4 is 5.91 Å². The van der Waals surface area contributed by atoms with Gasteiger partial charge in [0.15, 0.2) is 0 Å². The Labute approximate surface area is 105 Å². The standard InChI is InChI=1S/C14H13NO3/c15-14(17)9-10-1-5-12(6-2-10)18-13-7-3-11(16)4-8-13/h1-8,16H,9H2,(H2,15,17). The number of amides is 1. The number of aromatic hydroxyl groups is 1. The molecule has 0 aliphatic carbocycles. The van der Waals surface area contributed by atoms with Crippen LogP contribution < -0.4 is 10.5 Å². The lowest BCUT2D eigenvalue weighted by Crippen LogP contribution is -2.13. The molecule has 2 rings (SSSR count). The quantitative estimate of drug-likeness (QED) is 0.864. The monoisotopic (exact) mass is 243 g/mol. The van der Waals surface area contributed by atoms with E-state index in [1.807, 2.05) is 0 Å². The van der Waals surface area contributed by atoms with E-state index in [-0.39, 0.29) is 18.1 Å². The number of phenols is 1. The Morgan fingerprint density at radius 2 is 1.50 bits per heavy atom. The molecular weight excluding hydrogens is 230 g/mol. The molecule has 3 N–H and O–H groups in total. The first-order valence-electron chi connectivity index (χ1n) is 5.47. The zero-order valence-corrected chi connectivity index (χ0v) is 9.67. The largest absolute Gasteiger partial charge is 0.508 e. The molecule has 18 heavy (non-hydrogen) atoms. The van der Waals surface area contributed by atoms with Crippen molar-refractivity contribution in [3.63, 3.8) is 0 Å². The summed E-state index contributed by atoms with van der Waals surface area (Å²) in [6.45, 7) is 0. The van der Waals surface area contributed by atoms with Crippen molar-refractivity contribution in [3.05, 3.63) is 54.1 Å². The number of benzene rings is 2. The summed E-state index contributed by atoms with van der Waals surface area (Å²) >= 11 is 0. The van der Waals surface area contributed by atoms with Crippen LogP contribution in [0.2, 0.25) is 0 Å². The van der Waals surface area contributed by atoms with Gasteiger partial charge in [-0.05, 0) is 42.0 Å². The van der Waals surface area contributed by atoms with Gasteiger partial charge in [-0.3, -0.25) is 4.79 Å². The molecule has 2 aromatic rings. The Bertz CT molecular complexity index is 532. The normalized spacial score (nSPS) is 10.0. The second-order valence-electron chi connectivity index (χ2n) is 3.88. The minimum absolute atomic E-state index is 0.194. The maximum absolute atomic E-state index is 10.7. The Morgan fingerprint density at radius 1 is 1.00 bits per heavy atom. The second-order valence-corrected chi connectivity index (χ2v) is 3.88. The predicted molar refractivity (Wildman–Crippen MR) is 67.5 cm³/mol. The van der Waals surface area contributed by atoms with E-state index in [1.54, 1.807) is 48.5 Å². The zero-order valence-electron chi connectivity index (χ0n) is 9.67. The van der Waals surface area contributed by atoms with Gasteiger partial charge in [-0.2, -0.15) is 0 Å². The van der Waals surface area contributed by atoms with Gasteiger partial charge in [0, 0.05) is 0 Å². The molecule has 0 aliphatic heterocycles. The summed E-state index contributed by atoms with van der Waals surface area (Å²) in [5, 5.41) is 9.14. The molecule has 0 fully saturated rings. The Morgan fingerprint density at radius 3 is 2.00 bits per heavy atom. The zero-order chi connectivity index (χ0) is 13.0. The average Bonchev–Trinajstić information content (AvgIpc) is 2.34. The smallest absolute Gasteiger partial charge is 0.221 e. The summed E-state index contributed by atoms with van der Waals surface area (Å²) in [7, 11) is 0. The number of hydrogen-bond acceptors (Lipinski definition) is 3. The van der Waals surface area contributed by atoms with Crippen molar-refractivity contribution in [2.45, 2.75) is 6.42 Å². The molecule has 0 radical (unpaired) electrons. The third-order valence-electron chi connectivity index (χ3n) is 2.37. The average molecular weight is 243 g/mol. The van der Waals surface area contributed by atoms with E-state index in [0.717, 1.165) is 5.56 Å². The lowest BCUT2D eigenvalue weighted by Gasteiger charge is -2.06. The Hall–Kier alpha value is -2.49. The lowest BCUT2D eigenvalue weighted by molar-refractivity contribution is -0.117. The highest BCUT2D eigenvalue weighted by molar-refractivity contribution is 5.76. The van der Waals surface area contributed by atoms with Gasteiger partial charge in [0.25, 0.3) is 0 Å². The van der Waals surface area contributed by atoms with Crippen LogP contribution in [0.5, 0.6) is 17.2 Å². The van der Waals surface area contributed by atoms with Gasteiger partial charge in [0.2, 0.25) is 5.91 Å². The number of phenolic OH excluding ortho intramolecular Hbond substituents is 1. The van der Waals surface area contributed by atoms with Gasteiger partial charge < -0.3 is 15.6 Å². The first-order valence-corrected chi connectivity index (χ1v) is 5.47. The number of hydrogen-bond donors (Lipinski definition) is 2. The number of carbonyl (C=O) groups excluding carboxylic acids is 1. The summed E-state index contributed by atoms with van der Waals surface area (Å²) < 4.78 is 5.57. The number of nitrogens with two attached hydrogens (primary N) is 1. The van der Waals surface area contributed by atoms with Crippen LogP contribution in [-0.2, 0) is 11.2 Å². The summed E-state index contributed by atoms with van der Waals surface area (Å²) in [6, 6.07) is 13.6. The predicted octanol–water partition coefficient (Wildman–Crippen LogP) is 2.21. The molecule has 0 aliphatic rings. The Balaban J connectivity index is 2.06. The maximum Gasteiger partial charge on any atom is 0.221 e. The van der Waals surface area contributed by atoms with Crippen LogP contribution in [0.25, 0.3) is 0 Å². The van der Waals surface area contributed by atoms with E-state index in [2.05, 4.69) is 0 Å². The van der Waals surface area contributed by atoms with Crippen LogP contribution in [0, 0.1) is 0 Å². The second kappa shape index (κ2) is 5.23. The molecule has 0 heterocycles. The van der Waals surface area contributed by atoms with E-state index >= 15 is 0 Å². The van der Waals surface area contributed by atoms with Crippen LogP contribution in [0.4, 0.5) is 0 Å². The van der Waals surface area contributed by atoms with Gasteiger partial charge in [-0.25, -0.2) is 0 Å². The summed E-state index contributed by atoms with van der Waals surface area (Å²) in [5.41, 5.74) is 5.95. The van der Waals surface area contributed by atoms with Crippen LogP contribution in [-0.4, -0.2) is 11.0 Å². The summed E-state index contributed by atoms with van der Waals surface area (Å²) in [4.78, 5) is 10.7. The highest BCUT2D eigenvalue weighted by atomic mass is 16.5.